The molecule has 42 valence electrons. The smallest absolute Gasteiger partial charge is 0.482 e. The minimum Gasteiger partial charge on any atom is -0.482 e. The number of H-pyrrole nitrogens is 1. The number of hydrogen-bond donors (Lipinski definition) is 1. The number of aromatic nitrogens is 2. The molecule has 5 heteroatoms. The predicted molar refractivity (Wildman–Crippen MR) is 28.8 cm³/mol. The van der Waals surface area contributed by atoms with Gasteiger partial charge in [0.15, 0.2) is 0 Å². The summed E-state index contributed by atoms with van der Waals surface area (Å²) in [6.07, 6.45) is 1.29. The van der Waals surface area contributed by atoms with Crippen molar-refractivity contribution >= 4 is 5.82 Å². The van der Waals surface area contributed by atoms with Crippen LogP contribution in [-0.2, 0) is 0 Å². The summed E-state index contributed by atoms with van der Waals surface area (Å²) >= 11 is 0. The molecule has 0 amide bonds. The first-order valence-electron chi connectivity index (χ1n) is 2.06. The van der Waals surface area contributed by atoms with Gasteiger partial charge in [0.25, 0.3) is 5.69 Å². The van der Waals surface area contributed by atoms with E-state index in [2.05, 4.69) is 9.97 Å². The number of nitrogens with one attached hydrogen (secondary N) is 2. The van der Waals surface area contributed by atoms with Crippen molar-refractivity contribution in [3.05, 3.63) is 28.5 Å². The first-order chi connectivity index (χ1) is 3.79. The Kier molecular flexibility index (Phi) is 4.56. The van der Waals surface area contributed by atoms with E-state index in [4.69, 9.17) is 5.73 Å². The number of aromatic amines is 1. The van der Waals surface area contributed by atoms with Gasteiger partial charge in [-0.25, -0.2) is 4.98 Å². The van der Waals surface area contributed by atoms with Crippen LogP contribution in [0.25, 0.3) is 5.73 Å². The Hall–Kier alpha value is 0.485. The first-order valence-corrected chi connectivity index (χ1v) is 2.06. The fourth-order valence-electron chi connectivity index (χ4n) is 0.369. The third kappa shape index (κ3) is 3.25. The van der Waals surface area contributed by atoms with E-state index in [1.54, 1.807) is 0 Å². The zero-order valence-electron chi connectivity index (χ0n) is 5.01. The zero-order valence-corrected chi connectivity index (χ0v) is 9.93. The van der Waals surface area contributed by atoms with Crippen LogP contribution in [0.5, 0.6) is 0 Å². The molecule has 0 spiro atoms. The molecule has 0 aliphatic carbocycles. The molecule has 0 saturated heterocycles. The van der Waals surface area contributed by atoms with E-state index in [0.717, 1.165) is 0 Å². The Morgan fingerprint density at radius 2 is 2.33 bits per heavy atom. The van der Waals surface area contributed by atoms with Crippen LogP contribution in [0.15, 0.2) is 17.1 Å². The summed E-state index contributed by atoms with van der Waals surface area (Å²) in [6, 6.07) is 1.40. The molecule has 0 unspecified atom stereocenters. The molecule has 0 fully saturated rings. The first kappa shape index (κ1) is 9.49. The van der Waals surface area contributed by atoms with Gasteiger partial charge in [-0.15, -0.1) is 0 Å². The van der Waals surface area contributed by atoms with Crippen LogP contribution in [0.1, 0.15) is 0 Å². The third-order valence-corrected chi connectivity index (χ3v) is 0.675. The van der Waals surface area contributed by atoms with E-state index >= 15 is 0 Å². The summed E-state index contributed by atoms with van der Waals surface area (Å²) in [5.41, 5.74) is 6.37. The molecule has 0 aliphatic heterocycles. The number of hydrogen-bond acceptors (Lipinski definition) is 2. The van der Waals surface area contributed by atoms with Gasteiger partial charge in [0.05, 0.1) is 0 Å². The fourth-order valence-corrected chi connectivity index (χ4v) is 0.369. The van der Waals surface area contributed by atoms with Gasteiger partial charge in [0, 0.05) is 6.20 Å². The second kappa shape index (κ2) is 4.32. The van der Waals surface area contributed by atoms with Crippen LogP contribution in [0.2, 0.25) is 0 Å². The van der Waals surface area contributed by atoms with Crippen molar-refractivity contribution in [3.63, 3.8) is 0 Å². The van der Waals surface area contributed by atoms with Gasteiger partial charge in [0.2, 0.25) is 0 Å². The van der Waals surface area contributed by atoms with Crippen molar-refractivity contribution in [2.24, 2.45) is 0 Å². The molecule has 4 nitrogen and oxygen atoms in total. The van der Waals surface area contributed by atoms with Gasteiger partial charge in [-0.05, 0) is 6.07 Å². The number of rotatable bonds is 0. The summed E-state index contributed by atoms with van der Waals surface area (Å²) in [4.78, 5) is 15.7. The van der Waals surface area contributed by atoms with E-state index in [-0.39, 0.29) is 64.0 Å². The average molecular weight is 196 g/mol. The second-order valence-corrected chi connectivity index (χ2v) is 1.29. The van der Waals surface area contributed by atoms with E-state index in [1.807, 2.05) is 0 Å². The van der Waals surface area contributed by atoms with Crippen LogP contribution in [0.4, 0.5) is 5.82 Å². The quantitative estimate of drug-likeness (QED) is 0.496. The standard InChI is InChI=1S/C4H5N3O.Rb/c5-3-1-2-6-4(8)7-3;/h1-2H,(H3,5,6,7,8);/q;+1/p-1. The van der Waals surface area contributed by atoms with E-state index in [1.165, 1.54) is 12.3 Å². The summed E-state index contributed by atoms with van der Waals surface area (Å²) in [5.74, 6) is 0.0880. The zero-order chi connectivity index (χ0) is 5.98. The molecule has 1 rings (SSSR count). The van der Waals surface area contributed by atoms with Gasteiger partial charge in [-0.1, -0.05) is 5.82 Å². The van der Waals surface area contributed by atoms with Crippen molar-refractivity contribution in [1.29, 1.82) is 0 Å². The summed E-state index contributed by atoms with van der Waals surface area (Å²) < 4.78 is 0. The predicted octanol–water partition coefficient (Wildman–Crippen LogP) is -2.54. The van der Waals surface area contributed by atoms with Gasteiger partial charge in [-0.3, -0.25) is 4.79 Å². The van der Waals surface area contributed by atoms with E-state index in [9.17, 15) is 4.79 Å². The van der Waals surface area contributed by atoms with Crippen LogP contribution < -0.4 is 63.9 Å². The number of nitrogens with zero attached hydrogens (tertiary/aromatic N) is 1. The molecular weight excluding hydrogens is 192 g/mol. The molecule has 1 aromatic rings. The minimum absolute atomic E-state index is 0. The maximum absolute atomic E-state index is 10.2. The van der Waals surface area contributed by atoms with Crippen molar-refractivity contribution in [2.75, 3.05) is 0 Å². The van der Waals surface area contributed by atoms with Gasteiger partial charge in [0.1, 0.15) is 0 Å². The maximum atomic E-state index is 10.2. The summed E-state index contributed by atoms with van der Waals surface area (Å²) in [7, 11) is 0. The monoisotopic (exact) mass is 195 g/mol. The van der Waals surface area contributed by atoms with Crippen LogP contribution in [0.3, 0.4) is 0 Å². The second-order valence-electron chi connectivity index (χ2n) is 1.29. The minimum atomic E-state index is -0.475. The van der Waals surface area contributed by atoms with E-state index in [0.29, 0.717) is 0 Å². The molecule has 0 aliphatic rings. The average Bonchev–Trinajstić information content (AvgIpc) is 1.64. The topological polar surface area (TPSA) is 69.5 Å². The SMILES string of the molecule is [NH-]c1ccnc(=O)[nH]1.[Rb+]. The third-order valence-electron chi connectivity index (χ3n) is 0.675. The van der Waals surface area contributed by atoms with E-state index < -0.39 is 5.69 Å². The molecular formula is C4H4N3ORb. The van der Waals surface area contributed by atoms with Crippen LogP contribution in [0, 0.1) is 0 Å². The molecule has 1 heterocycles. The van der Waals surface area contributed by atoms with Gasteiger partial charge < -0.3 is 10.7 Å². The van der Waals surface area contributed by atoms with Crippen molar-refractivity contribution in [1.82, 2.24) is 9.97 Å². The summed E-state index contributed by atoms with van der Waals surface area (Å²) in [6.45, 7) is 0. The normalized spacial score (nSPS) is 8.00. The van der Waals surface area contributed by atoms with Crippen molar-refractivity contribution in [3.8, 4) is 0 Å². The molecule has 0 saturated carbocycles. The molecule has 0 aromatic carbocycles. The van der Waals surface area contributed by atoms with Gasteiger partial charge in [-0.2, -0.15) is 0 Å². The molecule has 0 radical (unpaired) electrons. The Labute approximate surface area is 101 Å². The Balaban J connectivity index is 0.000000640. The van der Waals surface area contributed by atoms with Gasteiger partial charge >= 0.3 is 58.2 Å². The Bertz CT molecular complexity index is 233. The largest absolute Gasteiger partial charge is 1.00 e. The Morgan fingerprint density at radius 1 is 1.67 bits per heavy atom. The maximum Gasteiger partial charge on any atom is 1.00 e. The van der Waals surface area contributed by atoms with Crippen molar-refractivity contribution in [2.45, 2.75) is 0 Å². The Morgan fingerprint density at radius 3 is 2.67 bits per heavy atom. The van der Waals surface area contributed by atoms with Crippen LogP contribution in [-0.4, -0.2) is 9.97 Å². The molecule has 1 aromatic heterocycles. The molecule has 9 heavy (non-hydrogen) atoms. The molecule has 0 atom stereocenters. The molecule has 0 bridgehead atoms. The van der Waals surface area contributed by atoms with Crippen LogP contribution >= 0.6 is 0 Å². The fraction of sp³-hybridized carbons (Fsp3) is 0. The molecule has 2 N–H and O–H groups in total. The summed E-state index contributed by atoms with van der Waals surface area (Å²) in [5, 5.41) is 0. The van der Waals surface area contributed by atoms with Crippen molar-refractivity contribution < 1.29 is 58.2 Å².